The Hall–Kier alpha value is -1.80. The number of aliphatic hydroxyl groups is 1. The predicted octanol–water partition coefficient (Wildman–Crippen LogP) is 4.87. The molecule has 0 aliphatic heterocycles. The zero-order chi connectivity index (χ0) is 14.4. The molecule has 0 saturated heterocycles. The van der Waals surface area contributed by atoms with Crippen LogP contribution >= 0.6 is 0 Å². The van der Waals surface area contributed by atoms with Crippen LogP contribution in [0.2, 0.25) is 0 Å². The van der Waals surface area contributed by atoms with Gasteiger partial charge in [-0.2, -0.15) is 0 Å². The number of hydrogen-bond acceptors (Lipinski definition) is 2. The fourth-order valence-electron chi connectivity index (χ4n) is 2.06. The summed E-state index contributed by atoms with van der Waals surface area (Å²) in [6, 6.07) is 15.8. The average molecular weight is 270 g/mol. The lowest BCUT2D eigenvalue weighted by Crippen LogP contribution is -1.91. The zero-order valence-corrected chi connectivity index (χ0v) is 12.2. The van der Waals surface area contributed by atoms with Crippen LogP contribution in [0.3, 0.4) is 0 Å². The van der Waals surface area contributed by atoms with Crippen molar-refractivity contribution in [3.63, 3.8) is 0 Å². The minimum absolute atomic E-state index is 0.443. The van der Waals surface area contributed by atoms with Gasteiger partial charge >= 0.3 is 0 Å². The summed E-state index contributed by atoms with van der Waals surface area (Å²) in [5.41, 5.74) is 2.25. The highest BCUT2D eigenvalue weighted by atomic mass is 16.5. The smallest absolute Gasteiger partial charge is 0.127 e. The molecule has 0 aliphatic carbocycles. The molecule has 1 atom stereocenters. The molecule has 0 spiro atoms. The molecule has 0 fully saturated rings. The molecule has 0 bridgehead atoms. The van der Waals surface area contributed by atoms with Crippen LogP contribution in [0.5, 0.6) is 11.5 Å². The number of aryl methyl sites for hydroxylation is 1. The Labute approximate surface area is 121 Å². The highest BCUT2D eigenvalue weighted by molar-refractivity contribution is 5.35. The van der Waals surface area contributed by atoms with Crippen molar-refractivity contribution in [3.05, 3.63) is 59.7 Å². The van der Waals surface area contributed by atoms with Gasteiger partial charge in [-0.1, -0.05) is 37.6 Å². The van der Waals surface area contributed by atoms with Gasteiger partial charge in [-0.25, -0.2) is 0 Å². The quantitative estimate of drug-likeness (QED) is 0.811. The number of benzene rings is 2. The van der Waals surface area contributed by atoms with E-state index in [9.17, 15) is 5.11 Å². The average Bonchev–Trinajstić information content (AvgIpc) is 2.47. The van der Waals surface area contributed by atoms with Crippen LogP contribution in [0, 0.1) is 0 Å². The van der Waals surface area contributed by atoms with Gasteiger partial charge in [0.1, 0.15) is 11.5 Å². The van der Waals surface area contributed by atoms with Crippen LogP contribution in [0.4, 0.5) is 0 Å². The predicted molar refractivity (Wildman–Crippen MR) is 82.2 cm³/mol. The molecule has 2 rings (SSSR count). The molecule has 1 unspecified atom stereocenters. The standard InChI is InChI=1S/C18H22O2/c1-3-4-5-15-6-10-17(11-7-15)20-18-12-8-16(9-13-18)14(2)19/h6-14,19H,3-5H2,1-2H3. The summed E-state index contributed by atoms with van der Waals surface area (Å²) < 4.78 is 5.79. The SMILES string of the molecule is CCCCc1ccc(Oc2ccc(C(C)O)cc2)cc1. The van der Waals surface area contributed by atoms with E-state index >= 15 is 0 Å². The Morgan fingerprint density at radius 1 is 0.950 bits per heavy atom. The molecule has 0 amide bonds. The summed E-state index contributed by atoms with van der Waals surface area (Å²) in [5, 5.41) is 9.46. The molecule has 0 heterocycles. The third-order valence-electron chi connectivity index (χ3n) is 3.34. The van der Waals surface area contributed by atoms with Crippen molar-refractivity contribution in [2.24, 2.45) is 0 Å². The minimum Gasteiger partial charge on any atom is -0.457 e. The Bertz CT molecular complexity index is 512. The van der Waals surface area contributed by atoms with Gasteiger partial charge in [-0.15, -0.1) is 0 Å². The second-order valence-corrected chi connectivity index (χ2v) is 5.09. The van der Waals surface area contributed by atoms with Gasteiger partial charge in [0.2, 0.25) is 0 Å². The maximum Gasteiger partial charge on any atom is 0.127 e. The van der Waals surface area contributed by atoms with E-state index in [1.807, 2.05) is 36.4 Å². The summed E-state index contributed by atoms with van der Waals surface area (Å²) in [6.07, 6.45) is 3.12. The van der Waals surface area contributed by atoms with Crippen LogP contribution in [0.15, 0.2) is 48.5 Å². The van der Waals surface area contributed by atoms with Gasteiger partial charge in [0.05, 0.1) is 6.10 Å². The van der Waals surface area contributed by atoms with Crippen molar-refractivity contribution in [2.75, 3.05) is 0 Å². The van der Waals surface area contributed by atoms with E-state index < -0.39 is 6.10 Å². The fraction of sp³-hybridized carbons (Fsp3) is 0.333. The van der Waals surface area contributed by atoms with Crippen molar-refractivity contribution in [2.45, 2.75) is 39.2 Å². The number of aliphatic hydroxyl groups excluding tert-OH is 1. The van der Waals surface area contributed by atoms with Gasteiger partial charge in [0.15, 0.2) is 0 Å². The lowest BCUT2D eigenvalue weighted by Gasteiger charge is -2.09. The monoisotopic (exact) mass is 270 g/mol. The molecule has 1 N–H and O–H groups in total. The van der Waals surface area contributed by atoms with E-state index in [1.54, 1.807) is 6.92 Å². The topological polar surface area (TPSA) is 29.5 Å². The molecule has 106 valence electrons. The van der Waals surface area contributed by atoms with E-state index in [-0.39, 0.29) is 0 Å². The molecule has 2 aromatic carbocycles. The number of unbranched alkanes of at least 4 members (excludes halogenated alkanes) is 1. The van der Waals surface area contributed by atoms with Crippen molar-refractivity contribution in [3.8, 4) is 11.5 Å². The molecule has 2 nitrogen and oxygen atoms in total. The summed E-state index contributed by atoms with van der Waals surface area (Å²) in [4.78, 5) is 0. The first-order valence-electron chi connectivity index (χ1n) is 7.24. The molecule has 2 heteroatoms. The zero-order valence-electron chi connectivity index (χ0n) is 12.2. The maximum absolute atomic E-state index is 9.46. The van der Waals surface area contributed by atoms with E-state index in [2.05, 4.69) is 19.1 Å². The van der Waals surface area contributed by atoms with Crippen molar-refractivity contribution >= 4 is 0 Å². The minimum atomic E-state index is -0.443. The Morgan fingerprint density at radius 3 is 2.00 bits per heavy atom. The lowest BCUT2D eigenvalue weighted by molar-refractivity contribution is 0.199. The van der Waals surface area contributed by atoms with Crippen LogP contribution in [-0.4, -0.2) is 5.11 Å². The summed E-state index contributed by atoms with van der Waals surface area (Å²) in [6.45, 7) is 3.96. The summed E-state index contributed by atoms with van der Waals surface area (Å²) in [7, 11) is 0. The maximum atomic E-state index is 9.46. The van der Waals surface area contributed by atoms with Gasteiger partial charge < -0.3 is 9.84 Å². The van der Waals surface area contributed by atoms with Crippen molar-refractivity contribution in [1.82, 2.24) is 0 Å². The highest BCUT2D eigenvalue weighted by Gasteiger charge is 2.02. The number of ether oxygens (including phenoxy) is 1. The van der Waals surface area contributed by atoms with E-state index in [4.69, 9.17) is 4.74 Å². The fourth-order valence-corrected chi connectivity index (χ4v) is 2.06. The van der Waals surface area contributed by atoms with Crippen molar-refractivity contribution in [1.29, 1.82) is 0 Å². The van der Waals surface area contributed by atoms with E-state index in [0.29, 0.717) is 0 Å². The van der Waals surface area contributed by atoms with Gasteiger partial charge in [0.25, 0.3) is 0 Å². The number of rotatable bonds is 6. The molecule has 0 radical (unpaired) electrons. The number of hydrogen-bond donors (Lipinski definition) is 1. The molecule has 0 aromatic heterocycles. The Morgan fingerprint density at radius 2 is 1.50 bits per heavy atom. The molecule has 20 heavy (non-hydrogen) atoms. The van der Waals surface area contributed by atoms with Crippen molar-refractivity contribution < 1.29 is 9.84 Å². The van der Waals surface area contributed by atoms with E-state index in [1.165, 1.54) is 18.4 Å². The highest BCUT2D eigenvalue weighted by Crippen LogP contribution is 2.24. The third-order valence-corrected chi connectivity index (χ3v) is 3.34. The Kier molecular flexibility index (Phi) is 5.19. The van der Waals surface area contributed by atoms with Crippen LogP contribution < -0.4 is 4.74 Å². The van der Waals surface area contributed by atoms with Gasteiger partial charge in [-0.05, 0) is 55.2 Å². The normalized spacial score (nSPS) is 12.2. The molecular weight excluding hydrogens is 248 g/mol. The first-order chi connectivity index (χ1) is 9.69. The summed E-state index contributed by atoms with van der Waals surface area (Å²) in [5.74, 6) is 1.63. The lowest BCUT2D eigenvalue weighted by atomic mass is 10.1. The molecule has 0 saturated carbocycles. The third kappa shape index (κ3) is 4.10. The molecular formula is C18H22O2. The van der Waals surface area contributed by atoms with Crippen LogP contribution in [-0.2, 0) is 6.42 Å². The Balaban J connectivity index is 1.98. The van der Waals surface area contributed by atoms with E-state index in [0.717, 1.165) is 23.5 Å². The first kappa shape index (κ1) is 14.6. The largest absolute Gasteiger partial charge is 0.457 e. The second-order valence-electron chi connectivity index (χ2n) is 5.09. The van der Waals surface area contributed by atoms with Gasteiger partial charge in [-0.3, -0.25) is 0 Å². The second kappa shape index (κ2) is 7.11. The first-order valence-corrected chi connectivity index (χ1v) is 7.24. The van der Waals surface area contributed by atoms with Crippen LogP contribution in [0.1, 0.15) is 43.9 Å². The van der Waals surface area contributed by atoms with Crippen LogP contribution in [0.25, 0.3) is 0 Å². The van der Waals surface area contributed by atoms with Gasteiger partial charge in [0, 0.05) is 0 Å². The summed E-state index contributed by atoms with van der Waals surface area (Å²) >= 11 is 0. The molecule has 0 aliphatic rings. The molecule has 2 aromatic rings.